The van der Waals surface area contributed by atoms with Crippen LogP contribution in [0.1, 0.15) is 44.9 Å². The molecule has 90 valence electrons. The van der Waals surface area contributed by atoms with Crippen LogP contribution >= 0.6 is 0 Å². The summed E-state index contributed by atoms with van der Waals surface area (Å²) in [5.41, 5.74) is 0. The normalized spacial score (nSPS) is 27.6. The van der Waals surface area contributed by atoms with Crippen LogP contribution in [0.15, 0.2) is 0 Å². The third kappa shape index (κ3) is 2.28. The zero-order chi connectivity index (χ0) is 11.5. The van der Waals surface area contributed by atoms with Crippen molar-refractivity contribution in [2.24, 2.45) is 5.92 Å². The summed E-state index contributed by atoms with van der Waals surface area (Å²) in [4.78, 5) is 22.0. The molecule has 16 heavy (non-hydrogen) atoms. The van der Waals surface area contributed by atoms with Crippen LogP contribution in [0.4, 0.5) is 0 Å². The van der Waals surface area contributed by atoms with Gasteiger partial charge in [-0.2, -0.15) is 0 Å². The first-order chi connectivity index (χ1) is 7.68. The molecule has 0 radical (unpaired) electrons. The Kier molecular flexibility index (Phi) is 3.31. The SMILES string of the molecule is O=C1CC[C-]([N+](=O)[O-])C(C2CCCCC2)N1. The Balaban J connectivity index is 2.06. The second kappa shape index (κ2) is 4.72. The maximum Gasteiger partial charge on any atom is 0.216 e. The van der Waals surface area contributed by atoms with Crippen LogP contribution in [0.5, 0.6) is 0 Å². The van der Waals surface area contributed by atoms with Crippen molar-refractivity contribution in [2.75, 3.05) is 0 Å². The molecule has 1 atom stereocenters. The van der Waals surface area contributed by atoms with Gasteiger partial charge in [-0.05, 0) is 18.0 Å². The summed E-state index contributed by atoms with van der Waals surface area (Å²) in [7, 11) is 0. The average Bonchev–Trinajstić information content (AvgIpc) is 2.29. The molecule has 0 spiro atoms. The van der Waals surface area contributed by atoms with Crippen molar-refractivity contribution in [2.45, 2.75) is 51.0 Å². The average molecular weight is 225 g/mol. The summed E-state index contributed by atoms with van der Waals surface area (Å²) < 4.78 is 0. The van der Waals surface area contributed by atoms with Crippen LogP contribution in [0, 0.1) is 22.1 Å². The first kappa shape index (κ1) is 11.2. The van der Waals surface area contributed by atoms with Crippen LogP contribution in [-0.4, -0.2) is 16.9 Å². The van der Waals surface area contributed by atoms with E-state index in [0.717, 1.165) is 25.7 Å². The fraction of sp³-hybridized carbons (Fsp3) is 0.818. The van der Waals surface area contributed by atoms with E-state index >= 15 is 0 Å². The highest BCUT2D eigenvalue weighted by Crippen LogP contribution is 2.34. The molecule has 1 saturated heterocycles. The largest absolute Gasteiger partial charge is 0.375 e. The lowest BCUT2D eigenvalue weighted by Gasteiger charge is -2.42. The fourth-order valence-electron chi connectivity index (χ4n) is 2.79. The number of nitrogens with zero attached hydrogens (tertiary/aromatic N) is 1. The van der Waals surface area contributed by atoms with Crippen LogP contribution < -0.4 is 5.32 Å². The maximum atomic E-state index is 11.3. The van der Waals surface area contributed by atoms with Crippen molar-refractivity contribution in [1.82, 2.24) is 5.32 Å². The first-order valence-electron chi connectivity index (χ1n) is 5.98. The van der Waals surface area contributed by atoms with Gasteiger partial charge in [0.1, 0.15) is 0 Å². The molecule has 1 aliphatic carbocycles. The smallest absolute Gasteiger partial charge is 0.216 e. The molecule has 2 rings (SSSR count). The van der Waals surface area contributed by atoms with Crippen molar-refractivity contribution in [3.63, 3.8) is 0 Å². The molecule has 5 nitrogen and oxygen atoms in total. The molecule has 5 heteroatoms. The lowest BCUT2D eigenvalue weighted by Crippen LogP contribution is -2.50. The van der Waals surface area contributed by atoms with Crippen molar-refractivity contribution in [1.29, 1.82) is 0 Å². The molecule has 1 amide bonds. The van der Waals surface area contributed by atoms with Gasteiger partial charge in [0, 0.05) is 6.42 Å². The summed E-state index contributed by atoms with van der Waals surface area (Å²) >= 11 is 0. The first-order valence-corrected chi connectivity index (χ1v) is 5.98. The van der Waals surface area contributed by atoms with E-state index < -0.39 is 0 Å². The highest BCUT2D eigenvalue weighted by Gasteiger charge is 2.32. The number of hydrogen-bond donors (Lipinski definition) is 1. The van der Waals surface area contributed by atoms with E-state index in [1.165, 1.54) is 6.42 Å². The third-order valence-corrected chi connectivity index (χ3v) is 3.64. The number of carbonyl (C=O) groups is 1. The molecule has 1 saturated carbocycles. The quantitative estimate of drug-likeness (QED) is 0.441. The van der Waals surface area contributed by atoms with E-state index in [1.807, 2.05) is 0 Å². The molecule has 0 aromatic rings. The number of amides is 1. The van der Waals surface area contributed by atoms with Crippen molar-refractivity contribution >= 4 is 5.91 Å². The molecule has 2 aliphatic rings. The van der Waals surface area contributed by atoms with Gasteiger partial charge in [-0.3, -0.25) is 14.9 Å². The summed E-state index contributed by atoms with van der Waals surface area (Å²) in [6.07, 6.45) is 6.05. The zero-order valence-electron chi connectivity index (χ0n) is 9.28. The van der Waals surface area contributed by atoms with Gasteiger partial charge < -0.3 is 5.32 Å². The van der Waals surface area contributed by atoms with Gasteiger partial charge in [0.15, 0.2) is 0 Å². The fourth-order valence-corrected chi connectivity index (χ4v) is 2.79. The molecule has 1 aliphatic heterocycles. The molecule has 1 unspecified atom stereocenters. The molecule has 1 heterocycles. The predicted octanol–water partition coefficient (Wildman–Crippen LogP) is 1.65. The third-order valence-electron chi connectivity index (χ3n) is 3.64. The highest BCUT2D eigenvalue weighted by atomic mass is 16.6. The van der Waals surface area contributed by atoms with Gasteiger partial charge in [0.2, 0.25) is 5.91 Å². The van der Waals surface area contributed by atoms with Gasteiger partial charge in [0.05, 0.1) is 0 Å². The molecule has 1 N–H and O–H groups in total. The summed E-state index contributed by atoms with van der Waals surface area (Å²) in [6.45, 7) is 0. The van der Waals surface area contributed by atoms with E-state index in [1.54, 1.807) is 0 Å². The standard InChI is InChI=1S/C11H17N2O3/c14-10-7-6-9(13(15)16)11(12-10)8-4-2-1-3-5-8/h8,11H,1-7H2,(H,12,14)/q-1. The summed E-state index contributed by atoms with van der Waals surface area (Å²) in [6, 6.07) is 0.00282. The highest BCUT2D eigenvalue weighted by molar-refractivity contribution is 5.77. The minimum atomic E-state index is -0.309. The maximum absolute atomic E-state index is 11.3. The number of nitro groups is 1. The van der Waals surface area contributed by atoms with E-state index in [0.29, 0.717) is 12.5 Å². The second-order valence-corrected chi connectivity index (χ2v) is 4.69. The Morgan fingerprint density at radius 1 is 1.31 bits per heavy atom. The lowest BCUT2D eigenvalue weighted by atomic mass is 9.79. The predicted molar refractivity (Wildman–Crippen MR) is 58.0 cm³/mol. The van der Waals surface area contributed by atoms with E-state index in [-0.39, 0.29) is 29.2 Å². The molecule has 0 aromatic heterocycles. The van der Waals surface area contributed by atoms with E-state index in [9.17, 15) is 14.9 Å². The molecule has 0 aromatic carbocycles. The Morgan fingerprint density at radius 2 is 2.00 bits per heavy atom. The molecule has 0 bridgehead atoms. The van der Waals surface area contributed by atoms with Gasteiger partial charge in [-0.15, -0.1) is 4.92 Å². The van der Waals surface area contributed by atoms with Crippen molar-refractivity contribution < 1.29 is 9.72 Å². The number of hydrogen-bond acceptors (Lipinski definition) is 3. The van der Waals surface area contributed by atoms with Gasteiger partial charge >= 0.3 is 0 Å². The summed E-state index contributed by atoms with van der Waals surface area (Å²) in [5.74, 6) is 0.236. The minimum Gasteiger partial charge on any atom is -0.375 e. The van der Waals surface area contributed by atoms with Crippen LogP contribution in [-0.2, 0) is 4.79 Å². The Labute approximate surface area is 94.7 Å². The number of nitrogens with one attached hydrogen (secondary N) is 1. The zero-order valence-corrected chi connectivity index (χ0v) is 9.28. The van der Waals surface area contributed by atoms with Crippen LogP contribution in [0.25, 0.3) is 0 Å². The monoisotopic (exact) mass is 225 g/mol. The molecular weight excluding hydrogens is 208 g/mol. The Hall–Kier alpha value is -1.26. The number of piperidine rings is 1. The van der Waals surface area contributed by atoms with Gasteiger partial charge in [0.25, 0.3) is 0 Å². The van der Waals surface area contributed by atoms with Gasteiger partial charge in [-0.1, -0.05) is 38.5 Å². The van der Waals surface area contributed by atoms with E-state index in [2.05, 4.69) is 5.32 Å². The van der Waals surface area contributed by atoms with E-state index in [4.69, 9.17) is 0 Å². The topological polar surface area (TPSA) is 72.2 Å². The van der Waals surface area contributed by atoms with Gasteiger partial charge in [-0.25, -0.2) is 0 Å². The van der Waals surface area contributed by atoms with Crippen molar-refractivity contribution in [3.8, 4) is 0 Å². The summed E-state index contributed by atoms with van der Waals surface area (Å²) in [5, 5.41) is 13.7. The number of rotatable bonds is 2. The van der Waals surface area contributed by atoms with Crippen LogP contribution in [0.3, 0.4) is 0 Å². The van der Waals surface area contributed by atoms with Crippen LogP contribution in [0.2, 0.25) is 0 Å². The molecule has 2 fully saturated rings. The van der Waals surface area contributed by atoms with Crippen molar-refractivity contribution in [3.05, 3.63) is 16.2 Å². The second-order valence-electron chi connectivity index (χ2n) is 4.69. The number of carbonyl (C=O) groups excluding carboxylic acids is 1. The molecular formula is C11H17N2O3-. The Bertz CT molecular complexity index is 287. The minimum absolute atomic E-state index is 0.0406. The Morgan fingerprint density at radius 3 is 2.62 bits per heavy atom. The lowest BCUT2D eigenvalue weighted by molar-refractivity contribution is -0.475.